The highest BCUT2D eigenvalue weighted by Gasteiger charge is 2.22. The summed E-state index contributed by atoms with van der Waals surface area (Å²) in [5.41, 5.74) is 5.88. The van der Waals surface area contributed by atoms with Crippen molar-refractivity contribution in [3.05, 3.63) is 35.9 Å². The molecule has 1 aromatic rings. The number of anilines is 1. The highest BCUT2D eigenvalue weighted by Crippen LogP contribution is 2.18. The fraction of sp³-hybridized carbons (Fsp3) is 0.182. The molecule has 0 spiro atoms. The Morgan fingerprint density at radius 1 is 1.50 bits per heavy atom. The molecule has 0 aliphatic rings. The summed E-state index contributed by atoms with van der Waals surface area (Å²) >= 11 is 0. The van der Waals surface area contributed by atoms with E-state index < -0.39 is 16.0 Å². The van der Waals surface area contributed by atoms with Gasteiger partial charge in [-0.1, -0.05) is 12.2 Å². The normalized spacial score (nSPS) is 11.2. The average molecular weight is 270 g/mol. The topological polar surface area (TPSA) is 109 Å². The van der Waals surface area contributed by atoms with E-state index in [1.807, 2.05) is 0 Å². The van der Waals surface area contributed by atoms with Crippen molar-refractivity contribution in [2.45, 2.75) is 11.8 Å². The predicted octanol–water partition coefficient (Wildman–Crippen LogP) is 0.821. The Morgan fingerprint density at radius 2 is 2.11 bits per heavy atom. The van der Waals surface area contributed by atoms with Crippen molar-refractivity contribution in [2.24, 2.45) is 0 Å². The SMILES string of the molecule is C=C(C)CNS(=O)(=O)c1ccc(N)cc1C(=O)O. The Balaban J connectivity index is 3.24. The Hall–Kier alpha value is -1.86. The summed E-state index contributed by atoms with van der Waals surface area (Å²) in [7, 11) is -3.89. The molecule has 0 heterocycles. The Labute approximate surface area is 105 Å². The summed E-state index contributed by atoms with van der Waals surface area (Å²) < 4.78 is 26.1. The first-order chi connectivity index (χ1) is 8.24. The number of carboxylic acid groups (broad SMARTS) is 1. The van der Waals surface area contributed by atoms with E-state index in [9.17, 15) is 13.2 Å². The molecule has 1 aromatic carbocycles. The molecule has 0 aliphatic heterocycles. The van der Waals surface area contributed by atoms with Crippen LogP contribution in [0, 0.1) is 0 Å². The van der Waals surface area contributed by atoms with Gasteiger partial charge in [0.1, 0.15) is 0 Å². The molecule has 0 bridgehead atoms. The average Bonchev–Trinajstić information content (AvgIpc) is 2.26. The third kappa shape index (κ3) is 3.31. The number of aromatic carboxylic acids is 1. The highest BCUT2D eigenvalue weighted by atomic mass is 32.2. The molecule has 0 unspecified atom stereocenters. The summed E-state index contributed by atoms with van der Waals surface area (Å²) in [5.74, 6) is -1.35. The van der Waals surface area contributed by atoms with Gasteiger partial charge in [0.15, 0.2) is 0 Å². The highest BCUT2D eigenvalue weighted by molar-refractivity contribution is 7.89. The molecular weight excluding hydrogens is 256 g/mol. The number of hydrogen-bond acceptors (Lipinski definition) is 4. The first-order valence-corrected chi connectivity index (χ1v) is 6.49. The van der Waals surface area contributed by atoms with Crippen molar-refractivity contribution < 1.29 is 18.3 Å². The van der Waals surface area contributed by atoms with Crippen molar-refractivity contribution in [3.8, 4) is 0 Å². The molecule has 1 rings (SSSR count). The molecule has 4 N–H and O–H groups in total. The summed E-state index contributed by atoms with van der Waals surface area (Å²) in [6, 6.07) is 3.61. The minimum Gasteiger partial charge on any atom is -0.478 e. The zero-order valence-electron chi connectivity index (χ0n) is 9.80. The number of rotatable bonds is 5. The van der Waals surface area contributed by atoms with E-state index in [0.29, 0.717) is 5.57 Å². The van der Waals surface area contributed by atoms with Gasteiger partial charge in [-0.3, -0.25) is 0 Å². The van der Waals surface area contributed by atoms with E-state index in [1.54, 1.807) is 6.92 Å². The molecular formula is C11H14N2O4S. The Kier molecular flexibility index (Phi) is 4.10. The van der Waals surface area contributed by atoms with Crippen LogP contribution in [0.5, 0.6) is 0 Å². The number of nitrogen functional groups attached to an aromatic ring is 1. The Morgan fingerprint density at radius 3 is 2.61 bits per heavy atom. The van der Waals surface area contributed by atoms with Crippen molar-refractivity contribution in [2.75, 3.05) is 12.3 Å². The van der Waals surface area contributed by atoms with Gasteiger partial charge < -0.3 is 10.8 Å². The van der Waals surface area contributed by atoms with Gasteiger partial charge in [-0.2, -0.15) is 0 Å². The number of nitrogens with two attached hydrogens (primary N) is 1. The number of nitrogens with one attached hydrogen (secondary N) is 1. The van der Waals surface area contributed by atoms with Crippen molar-refractivity contribution in [1.82, 2.24) is 4.72 Å². The van der Waals surface area contributed by atoms with Crippen LogP contribution in [0.25, 0.3) is 0 Å². The smallest absolute Gasteiger partial charge is 0.337 e. The molecule has 0 saturated carbocycles. The number of sulfonamides is 1. The maximum absolute atomic E-state index is 11.9. The summed E-state index contributed by atoms with van der Waals surface area (Å²) in [6.45, 7) is 5.26. The largest absolute Gasteiger partial charge is 0.478 e. The van der Waals surface area contributed by atoms with Gasteiger partial charge in [0.2, 0.25) is 10.0 Å². The van der Waals surface area contributed by atoms with Crippen LogP contribution < -0.4 is 10.5 Å². The maximum Gasteiger partial charge on any atom is 0.337 e. The van der Waals surface area contributed by atoms with E-state index >= 15 is 0 Å². The van der Waals surface area contributed by atoms with Gasteiger partial charge in [-0.25, -0.2) is 17.9 Å². The van der Waals surface area contributed by atoms with E-state index in [2.05, 4.69) is 11.3 Å². The van der Waals surface area contributed by atoms with Gasteiger partial charge >= 0.3 is 5.97 Å². The van der Waals surface area contributed by atoms with Crippen LogP contribution in [0.2, 0.25) is 0 Å². The lowest BCUT2D eigenvalue weighted by molar-refractivity contribution is 0.0692. The van der Waals surface area contributed by atoms with Gasteiger partial charge in [0.05, 0.1) is 10.5 Å². The third-order valence-electron chi connectivity index (χ3n) is 2.09. The number of hydrogen-bond donors (Lipinski definition) is 3. The Bertz CT molecular complexity index is 593. The van der Waals surface area contributed by atoms with Crippen LogP contribution in [0.3, 0.4) is 0 Å². The summed E-state index contributed by atoms with van der Waals surface area (Å²) in [4.78, 5) is 10.7. The second-order valence-corrected chi connectivity index (χ2v) is 5.58. The lowest BCUT2D eigenvalue weighted by Crippen LogP contribution is -2.27. The van der Waals surface area contributed by atoms with Gasteiger partial charge in [-0.05, 0) is 25.1 Å². The van der Waals surface area contributed by atoms with Crippen molar-refractivity contribution in [1.29, 1.82) is 0 Å². The summed E-state index contributed by atoms with van der Waals surface area (Å²) in [6.07, 6.45) is 0. The molecule has 0 fully saturated rings. The molecule has 0 aliphatic carbocycles. The van der Waals surface area contributed by atoms with Gasteiger partial charge in [0, 0.05) is 12.2 Å². The summed E-state index contributed by atoms with van der Waals surface area (Å²) in [5, 5.41) is 8.97. The second-order valence-electron chi connectivity index (χ2n) is 3.84. The second kappa shape index (κ2) is 5.19. The lowest BCUT2D eigenvalue weighted by atomic mass is 10.2. The van der Waals surface area contributed by atoms with Crippen LogP contribution in [-0.2, 0) is 10.0 Å². The molecule has 0 atom stereocenters. The molecule has 0 aromatic heterocycles. The minimum absolute atomic E-state index is 0.0474. The predicted molar refractivity (Wildman–Crippen MR) is 67.8 cm³/mol. The van der Waals surface area contributed by atoms with E-state index in [4.69, 9.17) is 10.8 Å². The van der Waals surface area contributed by atoms with Crippen LogP contribution in [0.1, 0.15) is 17.3 Å². The molecule has 98 valence electrons. The number of carboxylic acids is 1. The molecule has 7 heteroatoms. The minimum atomic E-state index is -3.89. The first kappa shape index (κ1) is 14.2. The van der Waals surface area contributed by atoms with Crippen LogP contribution in [-0.4, -0.2) is 26.0 Å². The number of benzene rings is 1. The quantitative estimate of drug-likeness (QED) is 0.542. The van der Waals surface area contributed by atoms with Crippen LogP contribution >= 0.6 is 0 Å². The van der Waals surface area contributed by atoms with E-state index in [-0.39, 0.29) is 22.7 Å². The van der Waals surface area contributed by atoms with Crippen LogP contribution in [0.15, 0.2) is 35.2 Å². The van der Waals surface area contributed by atoms with Crippen molar-refractivity contribution >= 4 is 21.7 Å². The fourth-order valence-electron chi connectivity index (χ4n) is 1.25. The van der Waals surface area contributed by atoms with Crippen LogP contribution in [0.4, 0.5) is 5.69 Å². The molecule has 6 nitrogen and oxygen atoms in total. The monoisotopic (exact) mass is 270 g/mol. The molecule has 0 amide bonds. The standard InChI is InChI=1S/C11H14N2O4S/c1-7(2)6-13-18(16,17)10-4-3-8(12)5-9(10)11(14)15/h3-5,13H,1,6,12H2,2H3,(H,14,15). The zero-order chi connectivity index (χ0) is 13.9. The van der Waals surface area contributed by atoms with Crippen molar-refractivity contribution in [3.63, 3.8) is 0 Å². The lowest BCUT2D eigenvalue weighted by Gasteiger charge is -2.09. The number of carbonyl (C=O) groups is 1. The fourth-order valence-corrected chi connectivity index (χ4v) is 2.52. The van der Waals surface area contributed by atoms with Gasteiger partial charge in [0.25, 0.3) is 0 Å². The molecule has 0 radical (unpaired) electrons. The molecule has 18 heavy (non-hydrogen) atoms. The van der Waals surface area contributed by atoms with Gasteiger partial charge in [-0.15, -0.1) is 0 Å². The third-order valence-corrected chi connectivity index (χ3v) is 3.55. The first-order valence-electron chi connectivity index (χ1n) is 5.01. The van der Waals surface area contributed by atoms with E-state index in [0.717, 1.165) is 6.07 Å². The zero-order valence-corrected chi connectivity index (χ0v) is 10.6. The molecule has 0 saturated heterocycles. The van der Waals surface area contributed by atoms with E-state index in [1.165, 1.54) is 12.1 Å². The maximum atomic E-state index is 11.9.